The van der Waals surface area contributed by atoms with E-state index in [1.54, 1.807) is 12.4 Å². The number of benzene rings is 1. The van der Waals surface area contributed by atoms with Crippen molar-refractivity contribution in [1.82, 2.24) is 4.98 Å². The molecule has 0 N–H and O–H groups in total. The topological polar surface area (TPSA) is 39.9 Å². The molecule has 1 heterocycles. The molecule has 0 aliphatic carbocycles. The molecule has 1 aromatic carbocycles. The smallest absolute Gasteiger partial charge is 0.143 e. The fourth-order valence-electron chi connectivity index (χ4n) is 1.75. The van der Waals surface area contributed by atoms with Crippen LogP contribution >= 0.6 is 11.6 Å². The highest BCUT2D eigenvalue weighted by Gasteiger charge is 2.16. The highest BCUT2D eigenvalue weighted by Crippen LogP contribution is 2.25. The van der Waals surface area contributed by atoms with E-state index >= 15 is 0 Å². The van der Waals surface area contributed by atoms with Crippen molar-refractivity contribution in [3.8, 4) is 6.07 Å². The fourth-order valence-corrected chi connectivity index (χ4v) is 1.87. The Morgan fingerprint density at radius 1 is 1.28 bits per heavy atom. The number of nitriles is 1. The molecule has 0 radical (unpaired) electrons. The van der Waals surface area contributed by atoms with Gasteiger partial charge in [0.2, 0.25) is 0 Å². The molecule has 0 saturated heterocycles. The maximum Gasteiger partial charge on any atom is 0.143 e. The molecule has 90 valence electrons. The second-order valence-corrected chi connectivity index (χ2v) is 4.34. The Labute approximate surface area is 111 Å². The lowest BCUT2D eigenvalue weighted by Crippen LogP contribution is -2.22. The average molecular weight is 258 g/mol. The number of rotatable bonds is 3. The SMILES string of the molecule is CN(c1ccc(Cl)cc1)C(C#N)c1cccnc1. The van der Waals surface area contributed by atoms with Gasteiger partial charge < -0.3 is 4.90 Å². The van der Waals surface area contributed by atoms with Crippen molar-refractivity contribution in [2.45, 2.75) is 6.04 Å². The largest absolute Gasteiger partial charge is 0.355 e. The molecule has 0 bridgehead atoms. The summed E-state index contributed by atoms with van der Waals surface area (Å²) in [5.41, 5.74) is 1.81. The predicted molar refractivity (Wildman–Crippen MR) is 72.4 cm³/mol. The zero-order chi connectivity index (χ0) is 13.0. The molecule has 2 aromatic rings. The zero-order valence-electron chi connectivity index (χ0n) is 9.92. The molecule has 0 spiro atoms. The molecule has 18 heavy (non-hydrogen) atoms. The summed E-state index contributed by atoms with van der Waals surface area (Å²) < 4.78 is 0. The minimum Gasteiger partial charge on any atom is -0.355 e. The van der Waals surface area contributed by atoms with Crippen molar-refractivity contribution in [3.05, 3.63) is 59.4 Å². The molecule has 3 nitrogen and oxygen atoms in total. The van der Waals surface area contributed by atoms with Crippen LogP contribution in [0.15, 0.2) is 48.8 Å². The third-order valence-electron chi connectivity index (χ3n) is 2.74. The molecule has 2 rings (SSSR count). The number of hydrogen-bond donors (Lipinski definition) is 0. The molecule has 0 saturated carbocycles. The summed E-state index contributed by atoms with van der Waals surface area (Å²) >= 11 is 5.85. The van der Waals surface area contributed by atoms with Crippen LogP contribution in [0.2, 0.25) is 5.02 Å². The van der Waals surface area contributed by atoms with Crippen LogP contribution < -0.4 is 4.90 Å². The van der Waals surface area contributed by atoms with Crippen molar-refractivity contribution < 1.29 is 0 Å². The van der Waals surface area contributed by atoms with Gasteiger partial charge in [-0.25, -0.2) is 0 Å². The van der Waals surface area contributed by atoms with Crippen LogP contribution in [0.1, 0.15) is 11.6 Å². The Hall–Kier alpha value is -2.05. The van der Waals surface area contributed by atoms with Crippen LogP contribution in [0.4, 0.5) is 5.69 Å². The molecule has 0 aliphatic heterocycles. The lowest BCUT2D eigenvalue weighted by molar-refractivity contribution is 0.817. The van der Waals surface area contributed by atoms with Gasteiger partial charge in [0.25, 0.3) is 0 Å². The average Bonchev–Trinajstić information content (AvgIpc) is 2.41. The lowest BCUT2D eigenvalue weighted by atomic mass is 10.1. The summed E-state index contributed by atoms with van der Waals surface area (Å²) in [6.07, 6.45) is 3.40. The maximum atomic E-state index is 9.32. The van der Waals surface area contributed by atoms with E-state index in [-0.39, 0.29) is 6.04 Å². The van der Waals surface area contributed by atoms with Crippen molar-refractivity contribution >= 4 is 17.3 Å². The van der Waals surface area contributed by atoms with Gasteiger partial charge in [-0.05, 0) is 30.3 Å². The number of hydrogen-bond acceptors (Lipinski definition) is 3. The Morgan fingerprint density at radius 2 is 2.00 bits per heavy atom. The second kappa shape index (κ2) is 5.52. The van der Waals surface area contributed by atoms with Gasteiger partial charge in [0.05, 0.1) is 6.07 Å². The number of nitrogens with zero attached hydrogens (tertiary/aromatic N) is 3. The number of halogens is 1. The summed E-state index contributed by atoms with van der Waals surface area (Å²) in [5.74, 6) is 0. The summed E-state index contributed by atoms with van der Waals surface area (Å²) in [6, 6.07) is 13.1. The van der Waals surface area contributed by atoms with Crippen LogP contribution in [0, 0.1) is 11.3 Å². The molecule has 1 atom stereocenters. The van der Waals surface area contributed by atoms with Gasteiger partial charge >= 0.3 is 0 Å². The standard InChI is InChI=1S/C14H12ClN3/c1-18(13-6-4-12(15)5-7-13)14(9-16)11-3-2-8-17-10-11/h2-8,10,14H,1H3. The summed E-state index contributed by atoms with van der Waals surface area (Å²) in [6.45, 7) is 0. The first-order chi connectivity index (χ1) is 8.72. The van der Waals surface area contributed by atoms with Gasteiger partial charge in [-0.3, -0.25) is 4.98 Å². The molecule has 4 heteroatoms. The predicted octanol–water partition coefficient (Wildman–Crippen LogP) is 3.44. The molecule has 1 unspecified atom stereocenters. The lowest BCUT2D eigenvalue weighted by Gasteiger charge is -2.24. The number of aromatic nitrogens is 1. The van der Waals surface area contributed by atoms with Crippen LogP contribution in [0.3, 0.4) is 0 Å². The van der Waals surface area contributed by atoms with Gasteiger partial charge in [0.15, 0.2) is 0 Å². The van der Waals surface area contributed by atoms with E-state index in [0.717, 1.165) is 11.3 Å². The number of pyridine rings is 1. The van der Waals surface area contributed by atoms with Gasteiger partial charge in [-0.15, -0.1) is 0 Å². The first-order valence-electron chi connectivity index (χ1n) is 5.50. The minimum atomic E-state index is -0.361. The third-order valence-corrected chi connectivity index (χ3v) is 3.00. The second-order valence-electron chi connectivity index (χ2n) is 3.91. The van der Waals surface area contributed by atoms with Crippen LogP contribution in [0.25, 0.3) is 0 Å². The Morgan fingerprint density at radius 3 is 2.56 bits per heavy atom. The van der Waals surface area contributed by atoms with E-state index in [1.165, 1.54) is 0 Å². The van der Waals surface area contributed by atoms with Crippen LogP contribution in [-0.2, 0) is 0 Å². The first-order valence-corrected chi connectivity index (χ1v) is 5.88. The quantitative estimate of drug-likeness (QED) is 0.846. The Balaban J connectivity index is 2.29. The van der Waals surface area contributed by atoms with E-state index in [9.17, 15) is 5.26 Å². The molecule has 0 aliphatic rings. The normalized spacial score (nSPS) is 11.6. The van der Waals surface area contributed by atoms with Gasteiger partial charge in [-0.2, -0.15) is 5.26 Å². The van der Waals surface area contributed by atoms with E-state index in [4.69, 9.17) is 11.6 Å². The van der Waals surface area contributed by atoms with Gasteiger partial charge in [0, 0.05) is 35.7 Å². The highest BCUT2D eigenvalue weighted by atomic mass is 35.5. The summed E-state index contributed by atoms with van der Waals surface area (Å²) in [4.78, 5) is 5.94. The molecular formula is C14H12ClN3. The molecule has 0 fully saturated rings. The van der Waals surface area contributed by atoms with E-state index in [0.29, 0.717) is 5.02 Å². The van der Waals surface area contributed by atoms with Crippen molar-refractivity contribution in [2.75, 3.05) is 11.9 Å². The van der Waals surface area contributed by atoms with E-state index in [2.05, 4.69) is 11.1 Å². The Bertz CT molecular complexity index is 546. The molecule has 1 aromatic heterocycles. The van der Waals surface area contributed by atoms with E-state index < -0.39 is 0 Å². The fraction of sp³-hybridized carbons (Fsp3) is 0.143. The minimum absolute atomic E-state index is 0.361. The van der Waals surface area contributed by atoms with E-state index in [1.807, 2.05) is 48.3 Å². The van der Waals surface area contributed by atoms with Crippen LogP contribution in [0.5, 0.6) is 0 Å². The third kappa shape index (κ3) is 2.61. The molecular weight excluding hydrogens is 246 g/mol. The Kier molecular flexibility index (Phi) is 3.81. The first kappa shape index (κ1) is 12.4. The zero-order valence-corrected chi connectivity index (χ0v) is 10.7. The van der Waals surface area contributed by atoms with Crippen molar-refractivity contribution in [2.24, 2.45) is 0 Å². The monoisotopic (exact) mass is 257 g/mol. The van der Waals surface area contributed by atoms with Gasteiger partial charge in [0.1, 0.15) is 6.04 Å². The highest BCUT2D eigenvalue weighted by molar-refractivity contribution is 6.30. The van der Waals surface area contributed by atoms with Crippen molar-refractivity contribution in [1.29, 1.82) is 5.26 Å². The van der Waals surface area contributed by atoms with Gasteiger partial charge in [-0.1, -0.05) is 17.7 Å². The number of anilines is 1. The summed E-state index contributed by atoms with van der Waals surface area (Å²) in [5, 5.41) is 10.0. The maximum absolute atomic E-state index is 9.32. The summed E-state index contributed by atoms with van der Waals surface area (Å²) in [7, 11) is 1.88. The van der Waals surface area contributed by atoms with Crippen molar-refractivity contribution in [3.63, 3.8) is 0 Å². The van der Waals surface area contributed by atoms with Crippen LogP contribution in [-0.4, -0.2) is 12.0 Å². The molecule has 0 amide bonds.